The van der Waals surface area contributed by atoms with Gasteiger partial charge in [0.25, 0.3) is 0 Å². The predicted molar refractivity (Wildman–Crippen MR) is 73.8 cm³/mol. The lowest BCUT2D eigenvalue weighted by atomic mass is 9.82. The average molecular weight is 275 g/mol. The smallest absolute Gasteiger partial charge is 0.234 e. The molecule has 1 atom stereocenters. The van der Waals surface area contributed by atoms with E-state index in [9.17, 15) is 4.39 Å². The van der Waals surface area contributed by atoms with Crippen molar-refractivity contribution in [2.45, 2.75) is 31.6 Å². The Hall–Kier alpha value is -1.75. The SMILES string of the molecule is CCCC1(c2nc(-c3ccc(F)cc3)no2)CCNC1. The maximum absolute atomic E-state index is 12.9. The lowest BCUT2D eigenvalue weighted by Gasteiger charge is -2.22. The molecule has 1 saturated heterocycles. The fourth-order valence-electron chi connectivity index (χ4n) is 2.88. The molecular weight excluding hydrogens is 257 g/mol. The molecule has 2 heterocycles. The van der Waals surface area contributed by atoms with E-state index in [4.69, 9.17) is 4.52 Å². The Morgan fingerprint density at radius 1 is 1.35 bits per heavy atom. The number of nitrogens with zero attached hydrogens (tertiary/aromatic N) is 2. The molecule has 0 bridgehead atoms. The van der Waals surface area contributed by atoms with Gasteiger partial charge in [-0.25, -0.2) is 4.39 Å². The first-order valence-electron chi connectivity index (χ1n) is 7.04. The number of aromatic nitrogens is 2. The van der Waals surface area contributed by atoms with E-state index in [1.54, 1.807) is 12.1 Å². The normalized spacial score (nSPS) is 22.3. The Balaban J connectivity index is 1.91. The highest BCUT2D eigenvalue weighted by molar-refractivity contribution is 5.53. The summed E-state index contributed by atoms with van der Waals surface area (Å²) >= 11 is 0. The molecule has 1 aliphatic heterocycles. The van der Waals surface area contributed by atoms with E-state index >= 15 is 0 Å². The monoisotopic (exact) mass is 275 g/mol. The zero-order chi connectivity index (χ0) is 14.0. The summed E-state index contributed by atoms with van der Waals surface area (Å²) in [7, 11) is 0. The molecule has 0 saturated carbocycles. The van der Waals surface area contributed by atoms with Gasteiger partial charge in [-0.05, 0) is 43.7 Å². The Bertz CT molecular complexity index is 573. The van der Waals surface area contributed by atoms with Crippen molar-refractivity contribution in [3.63, 3.8) is 0 Å². The minimum Gasteiger partial charge on any atom is -0.338 e. The molecule has 20 heavy (non-hydrogen) atoms. The van der Waals surface area contributed by atoms with Gasteiger partial charge in [0.1, 0.15) is 5.82 Å². The first kappa shape index (κ1) is 13.2. The Morgan fingerprint density at radius 2 is 2.15 bits per heavy atom. The van der Waals surface area contributed by atoms with Gasteiger partial charge in [-0.15, -0.1) is 0 Å². The zero-order valence-electron chi connectivity index (χ0n) is 11.5. The van der Waals surface area contributed by atoms with Crippen LogP contribution in [-0.4, -0.2) is 23.2 Å². The summed E-state index contributed by atoms with van der Waals surface area (Å²) in [6.45, 7) is 4.03. The summed E-state index contributed by atoms with van der Waals surface area (Å²) in [4.78, 5) is 4.54. The number of hydrogen-bond acceptors (Lipinski definition) is 4. The second-order valence-corrected chi connectivity index (χ2v) is 5.39. The minimum absolute atomic E-state index is 0.0416. The lowest BCUT2D eigenvalue weighted by Crippen LogP contribution is -2.29. The molecule has 0 spiro atoms. The van der Waals surface area contributed by atoms with Crippen LogP contribution in [0.2, 0.25) is 0 Å². The topological polar surface area (TPSA) is 51.0 Å². The van der Waals surface area contributed by atoms with Gasteiger partial charge in [0, 0.05) is 12.1 Å². The molecule has 0 radical (unpaired) electrons. The van der Waals surface area contributed by atoms with Crippen LogP contribution in [0.1, 0.15) is 32.1 Å². The first-order chi connectivity index (χ1) is 9.73. The molecule has 106 valence electrons. The third-order valence-electron chi connectivity index (χ3n) is 3.95. The fourth-order valence-corrected chi connectivity index (χ4v) is 2.88. The highest BCUT2D eigenvalue weighted by Crippen LogP contribution is 2.35. The van der Waals surface area contributed by atoms with Crippen molar-refractivity contribution in [2.75, 3.05) is 13.1 Å². The van der Waals surface area contributed by atoms with Gasteiger partial charge in [-0.1, -0.05) is 18.5 Å². The van der Waals surface area contributed by atoms with Crippen molar-refractivity contribution in [3.05, 3.63) is 36.0 Å². The van der Waals surface area contributed by atoms with Crippen molar-refractivity contribution in [2.24, 2.45) is 0 Å². The van der Waals surface area contributed by atoms with Crippen LogP contribution >= 0.6 is 0 Å². The van der Waals surface area contributed by atoms with Crippen molar-refractivity contribution in [3.8, 4) is 11.4 Å². The maximum Gasteiger partial charge on any atom is 0.234 e. The predicted octanol–water partition coefficient (Wildman–Crippen LogP) is 2.91. The molecule has 1 fully saturated rings. The second-order valence-electron chi connectivity index (χ2n) is 5.39. The van der Waals surface area contributed by atoms with Crippen LogP contribution in [0.4, 0.5) is 4.39 Å². The van der Waals surface area contributed by atoms with Crippen LogP contribution < -0.4 is 5.32 Å². The summed E-state index contributed by atoms with van der Waals surface area (Å²) in [6, 6.07) is 6.15. The van der Waals surface area contributed by atoms with Crippen molar-refractivity contribution >= 4 is 0 Å². The average Bonchev–Trinajstić information content (AvgIpc) is 3.09. The van der Waals surface area contributed by atoms with Gasteiger partial charge in [0.05, 0.1) is 5.41 Å². The fraction of sp³-hybridized carbons (Fsp3) is 0.467. The van der Waals surface area contributed by atoms with Crippen LogP contribution in [0.25, 0.3) is 11.4 Å². The quantitative estimate of drug-likeness (QED) is 0.932. The van der Waals surface area contributed by atoms with E-state index in [1.165, 1.54) is 12.1 Å². The van der Waals surface area contributed by atoms with E-state index in [0.717, 1.165) is 37.9 Å². The lowest BCUT2D eigenvalue weighted by molar-refractivity contribution is 0.277. The number of nitrogens with one attached hydrogen (secondary N) is 1. The maximum atomic E-state index is 12.9. The van der Waals surface area contributed by atoms with Crippen LogP contribution in [-0.2, 0) is 5.41 Å². The summed E-state index contributed by atoms with van der Waals surface area (Å²) in [5, 5.41) is 7.43. The number of rotatable bonds is 4. The van der Waals surface area contributed by atoms with E-state index < -0.39 is 0 Å². The molecule has 2 aromatic rings. The second kappa shape index (κ2) is 5.32. The van der Waals surface area contributed by atoms with Crippen LogP contribution in [0.5, 0.6) is 0 Å². The summed E-state index contributed by atoms with van der Waals surface area (Å²) in [5.41, 5.74) is 0.735. The van der Waals surface area contributed by atoms with Crippen LogP contribution in [0, 0.1) is 5.82 Å². The largest absolute Gasteiger partial charge is 0.338 e. The van der Waals surface area contributed by atoms with E-state index in [1.807, 2.05) is 0 Å². The number of hydrogen-bond donors (Lipinski definition) is 1. The minimum atomic E-state index is -0.264. The molecule has 1 N–H and O–H groups in total. The van der Waals surface area contributed by atoms with Crippen molar-refractivity contribution in [1.82, 2.24) is 15.5 Å². The van der Waals surface area contributed by atoms with E-state index in [0.29, 0.717) is 11.7 Å². The third kappa shape index (κ3) is 2.33. The molecule has 1 aliphatic rings. The molecule has 4 nitrogen and oxygen atoms in total. The van der Waals surface area contributed by atoms with Gasteiger partial charge >= 0.3 is 0 Å². The highest BCUT2D eigenvalue weighted by Gasteiger charge is 2.40. The van der Waals surface area contributed by atoms with Gasteiger partial charge in [0.2, 0.25) is 11.7 Å². The summed E-state index contributed by atoms with van der Waals surface area (Å²) in [6.07, 6.45) is 3.13. The van der Waals surface area contributed by atoms with Crippen LogP contribution in [0.3, 0.4) is 0 Å². The Kier molecular flexibility index (Phi) is 3.53. The van der Waals surface area contributed by atoms with Gasteiger partial charge in [-0.3, -0.25) is 0 Å². The van der Waals surface area contributed by atoms with Gasteiger partial charge in [0.15, 0.2) is 0 Å². The summed E-state index contributed by atoms with van der Waals surface area (Å²) < 4.78 is 18.4. The standard InChI is InChI=1S/C15H18FN3O/c1-2-7-15(8-9-17-10-15)14-18-13(19-20-14)11-3-5-12(16)6-4-11/h3-6,17H,2,7-10H2,1H3. The van der Waals surface area contributed by atoms with Gasteiger partial charge < -0.3 is 9.84 Å². The van der Waals surface area contributed by atoms with Crippen molar-refractivity contribution < 1.29 is 8.91 Å². The van der Waals surface area contributed by atoms with E-state index in [2.05, 4.69) is 22.4 Å². The number of benzene rings is 1. The molecule has 5 heteroatoms. The Morgan fingerprint density at radius 3 is 2.80 bits per heavy atom. The van der Waals surface area contributed by atoms with E-state index in [-0.39, 0.29) is 11.2 Å². The van der Waals surface area contributed by atoms with Crippen LogP contribution in [0.15, 0.2) is 28.8 Å². The molecular formula is C15H18FN3O. The van der Waals surface area contributed by atoms with Gasteiger partial charge in [-0.2, -0.15) is 4.98 Å². The zero-order valence-corrected chi connectivity index (χ0v) is 11.5. The summed E-state index contributed by atoms with van der Waals surface area (Å²) in [5.74, 6) is 0.964. The first-order valence-corrected chi connectivity index (χ1v) is 7.04. The molecule has 3 rings (SSSR count). The third-order valence-corrected chi connectivity index (χ3v) is 3.95. The molecule has 1 aromatic heterocycles. The van der Waals surface area contributed by atoms with Crippen molar-refractivity contribution in [1.29, 1.82) is 0 Å². The Labute approximate surface area is 117 Å². The molecule has 1 unspecified atom stereocenters. The highest BCUT2D eigenvalue weighted by atomic mass is 19.1. The molecule has 1 aromatic carbocycles. The molecule has 0 aliphatic carbocycles. The number of halogens is 1. The molecule has 0 amide bonds.